The Labute approximate surface area is 203 Å². The summed E-state index contributed by atoms with van der Waals surface area (Å²) in [4.78, 5) is 2.24. The second kappa shape index (κ2) is 11.0. The second-order valence-corrected chi connectivity index (χ2v) is 10.8. The van der Waals surface area contributed by atoms with E-state index in [9.17, 15) is 0 Å². The van der Waals surface area contributed by atoms with E-state index in [1.54, 1.807) is 7.11 Å². The molecule has 0 amide bonds. The molecule has 2 rings (SSSR count). The molecule has 1 aromatic rings. The standard InChI is InChI=1S/C30H47NO2/c1-13-21(6)18-22(7)30(9,10)25-15-14-24(20(4)5)27(23(25)8)33-29-26(28(29)32-12)31(11)17-16-19(2)3/h13-20,26,28-29H,1-12H3/b17-16+,21-13-,22-18+. The van der Waals surface area contributed by atoms with E-state index in [1.165, 1.54) is 27.8 Å². The molecule has 0 heterocycles. The van der Waals surface area contributed by atoms with Gasteiger partial charge >= 0.3 is 0 Å². The number of likely N-dealkylation sites (N-methyl/N-ethyl adjacent to an activating group) is 1. The molecule has 1 saturated carbocycles. The van der Waals surface area contributed by atoms with Crippen molar-refractivity contribution in [2.75, 3.05) is 14.2 Å². The summed E-state index contributed by atoms with van der Waals surface area (Å²) in [6, 6.07) is 4.79. The summed E-state index contributed by atoms with van der Waals surface area (Å²) in [6.45, 7) is 22.2. The number of ether oxygens (including phenoxy) is 2. The summed E-state index contributed by atoms with van der Waals surface area (Å²) >= 11 is 0. The van der Waals surface area contributed by atoms with Crippen LogP contribution in [-0.2, 0) is 10.2 Å². The molecule has 0 radical (unpaired) electrons. The van der Waals surface area contributed by atoms with Gasteiger partial charge in [0.05, 0.1) is 6.04 Å². The van der Waals surface area contributed by atoms with Crippen LogP contribution in [0.3, 0.4) is 0 Å². The maximum absolute atomic E-state index is 6.78. The molecule has 0 aliphatic heterocycles. The summed E-state index contributed by atoms with van der Waals surface area (Å²) in [5.74, 6) is 1.93. The zero-order valence-corrected chi connectivity index (χ0v) is 23.1. The third kappa shape index (κ3) is 6.12. The fourth-order valence-electron chi connectivity index (χ4n) is 4.48. The molecule has 0 spiro atoms. The number of rotatable bonds is 10. The Balaban J connectivity index is 2.46. The topological polar surface area (TPSA) is 21.7 Å². The van der Waals surface area contributed by atoms with Crippen LogP contribution in [0.4, 0.5) is 0 Å². The number of allylic oxidation sites excluding steroid dienone is 5. The number of hydrogen-bond acceptors (Lipinski definition) is 3. The fourth-order valence-corrected chi connectivity index (χ4v) is 4.48. The SMILES string of the molecule is C/C=C(C)\C=C(/C)C(C)(C)c1ccc(C(C)C)c(OC2C(OC)C2N(C)/C=C/C(C)C)c1C. The second-order valence-electron chi connectivity index (χ2n) is 10.8. The summed E-state index contributed by atoms with van der Waals surface area (Å²) in [6.07, 6.45) is 8.93. The average Bonchev–Trinajstić information content (AvgIpc) is 3.45. The smallest absolute Gasteiger partial charge is 0.150 e. The molecule has 1 aliphatic rings. The lowest BCUT2D eigenvalue weighted by Gasteiger charge is -2.31. The Morgan fingerprint density at radius 1 is 1.09 bits per heavy atom. The summed E-state index contributed by atoms with van der Waals surface area (Å²) in [7, 11) is 3.90. The van der Waals surface area contributed by atoms with E-state index in [0.29, 0.717) is 11.8 Å². The fraction of sp³-hybridized carbons (Fsp3) is 0.600. The van der Waals surface area contributed by atoms with E-state index in [1.807, 2.05) is 0 Å². The highest BCUT2D eigenvalue weighted by Gasteiger charge is 2.56. The predicted octanol–water partition coefficient (Wildman–Crippen LogP) is 7.55. The third-order valence-electron chi connectivity index (χ3n) is 7.18. The molecule has 0 N–H and O–H groups in total. The monoisotopic (exact) mass is 453 g/mol. The maximum atomic E-state index is 6.78. The van der Waals surface area contributed by atoms with Crippen LogP contribution in [-0.4, -0.2) is 37.3 Å². The van der Waals surface area contributed by atoms with Crippen molar-refractivity contribution in [2.45, 2.75) is 98.8 Å². The Bertz CT molecular complexity index is 904. The highest BCUT2D eigenvalue weighted by molar-refractivity contribution is 5.52. The zero-order chi connectivity index (χ0) is 25.1. The van der Waals surface area contributed by atoms with Crippen LogP contribution < -0.4 is 4.74 Å². The lowest BCUT2D eigenvalue weighted by atomic mass is 9.75. The van der Waals surface area contributed by atoms with Gasteiger partial charge in [-0.05, 0) is 62.4 Å². The van der Waals surface area contributed by atoms with Gasteiger partial charge in [-0.2, -0.15) is 0 Å². The van der Waals surface area contributed by atoms with E-state index >= 15 is 0 Å². The highest BCUT2D eigenvalue weighted by Crippen LogP contribution is 2.44. The van der Waals surface area contributed by atoms with Gasteiger partial charge in [0.1, 0.15) is 18.0 Å². The van der Waals surface area contributed by atoms with Gasteiger partial charge in [-0.15, -0.1) is 0 Å². The molecule has 1 fully saturated rings. The first-order valence-electron chi connectivity index (χ1n) is 12.4. The van der Waals surface area contributed by atoms with Crippen molar-refractivity contribution in [1.82, 2.24) is 4.90 Å². The first-order chi connectivity index (χ1) is 15.4. The first kappa shape index (κ1) is 27.2. The molecule has 1 aliphatic carbocycles. The minimum absolute atomic E-state index is 0.0216. The summed E-state index contributed by atoms with van der Waals surface area (Å²) < 4.78 is 12.6. The van der Waals surface area contributed by atoms with E-state index in [4.69, 9.17) is 9.47 Å². The minimum atomic E-state index is -0.0949. The van der Waals surface area contributed by atoms with Crippen LogP contribution in [0.5, 0.6) is 5.75 Å². The summed E-state index contributed by atoms with van der Waals surface area (Å²) in [5.41, 5.74) is 6.36. The normalized spacial score (nSPS) is 21.9. The van der Waals surface area contributed by atoms with Gasteiger partial charge < -0.3 is 14.4 Å². The van der Waals surface area contributed by atoms with Crippen LogP contribution in [0.2, 0.25) is 0 Å². The van der Waals surface area contributed by atoms with Gasteiger partial charge in [0.15, 0.2) is 0 Å². The largest absolute Gasteiger partial charge is 0.485 e. The zero-order valence-electron chi connectivity index (χ0n) is 23.1. The molecule has 3 atom stereocenters. The quantitative estimate of drug-likeness (QED) is 0.341. The van der Waals surface area contributed by atoms with Gasteiger partial charge in [-0.3, -0.25) is 0 Å². The third-order valence-corrected chi connectivity index (χ3v) is 7.18. The molecule has 33 heavy (non-hydrogen) atoms. The van der Waals surface area contributed by atoms with E-state index < -0.39 is 0 Å². The molecule has 3 nitrogen and oxygen atoms in total. The highest BCUT2D eigenvalue weighted by atomic mass is 16.6. The van der Waals surface area contributed by atoms with Gasteiger partial charge in [-0.1, -0.05) is 83.0 Å². The lowest BCUT2D eigenvalue weighted by molar-refractivity contribution is 0.132. The Kier molecular flexibility index (Phi) is 9.04. The number of hydrogen-bond donors (Lipinski definition) is 0. The maximum Gasteiger partial charge on any atom is 0.150 e. The van der Waals surface area contributed by atoms with Gasteiger partial charge in [0, 0.05) is 19.6 Å². The molecule has 0 saturated heterocycles. The molecule has 3 unspecified atom stereocenters. The van der Waals surface area contributed by atoms with Gasteiger partial charge in [0.2, 0.25) is 0 Å². The molecular weight excluding hydrogens is 406 g/mol. The van der Waals surface area contributed by atoms with E-state index in [-0.39, 0.29) is 23.7 Å². The predicted molar refractivity (Wildman–Crippen MR) is 142 cm³/mol. The van der Waals surface area contributed by atoms with Crippen molar-refractivity contribution < 1.29 is 9.47 Å². The average molecular weight is 454 g/mol. The number of benzene rings is 1. The van der Waals surface area contributed by atoms with Crippen LogP contribution >= 0.6 is 0 Å². The van der Waals surface area contributed by atoms with Crippen molar-refractivity contribution in [3.05, 3.63) is 64.4 Å². The number of methoxy groups -OCH3 is 1. The van der Waals surface area contributed by atoms with E-state index in [2.05, 4.69) is 118 Å². The van der Waals surface area contributed by atoms with Crippen molar-refractivity contribution in [3.63, 3.8) is 0 Å². The molecule has 1 aromatic carbocycles. The lowest BCUT2D eigenvalue weighted by Crippen LogP contribution is -2.23. The number of nitrogens with zero attached hydrogens (tertiary/aromatic N) is 1. The Hall–Kier alpha value is -2.00. The molecule has 0 bridgehead atoms. The van der Waals surface area contributed by atoms with Crippen LogP contribution in [0, 0.1) is 12.8 Å². The molecular formula is C30H47NO2. The molecule has 0 aromatic heterocycles. The Morgan fingerprint density at radius 3 is 2.24 bits per heavy atom. The Morgan fingerprint density at radius 2 is 1.73 bits per heavy atom. The van der Waals surface area contributed by atoms with Crippen LogP contribution in [0.1, 0.15) is 84.9 Å². The van der Waals surface area contributed by atoms with Crippen molar-refractivity contribution in [2.24, 2.45) is 5.92 Å². The minimum Gasteiger partial charge on any atom is -0.485 e. The van der Waals surface area contributed by atoms with Gasteiger partial charge in [-0.25, -0.2) is 0 Å². The van der Waals surface area contributed by atoms with Crippen molar-refractivity contribution in [3.8, 4) is 5.75 Å². The van der Waals surface area contributed by atoms with E-state index in [0.717, 1.165) is 5.75 Å². The molecule has 184 valence electrons. The van der Waals surface area contributed by atoms with Crippen LogP contribution in [0.15, 0.2) is 47.7 Å². The van der Waals surface area contributed by atoms with Gasteiger partial charge in [0.25, 0.3) is 0 Å². The first-order valence-corrected chi connectivity index (χ1v) is 12.4. The molecule has 3 heteroatoms. The van der Waals surface area contributed by atoms with Crippen LogP contribution in [0.25, 0.3) is 0 Å². The van der Waals surface area contributed by atoms with Crippen molar-refractivity contribution in [1.29, 1.82) is 0 Å². The summed E-state index contributed by atoms with van der Waals surface area (Å²) in [5, 5.41) is 0. The van der Waals surface area contributed by atoms with Crippen molar-refractivity contribution >= 4 is 0 Å².